The molecule has 2 rings (SSSR count). The molecule has 1 aliphatic heterocycles. The molecule has 0 aromatic heterocycles. The molecule has 15 heavy (non-hydrogen) atoms. The van der Waals surface area contributed by atoms with Gasteiger partial charge in [-0.25, -0.2) is 0 Å². The van der Waals surface area contributed by atoms with Crippen LogP contribution >= 0.6 is 0 Å². The zero-order valence-corrected chi connectivity index (χ0v) is 8.11. The van der Waals surface area contributed by atoms with Crippen molar-refractivity contribution < 1.29 is 14.3 Å². The zero-order valence-electron chi connectivity index (χ0n) is 8.11. The van der Waals surface area contributed by atoms with E-state index in [0.717, 1.165) is 0 Å². The highest BCUT2D eigenvalue weighted by Gasteiger charge is 2.23. The highest BCUT2D eigenvalue weighted by atomic mass is 16.5. The molecule has 0 radical (unpaired) electrons. The number of benzene rings is 1. The van der Waals surface area contributed by atoms with Crippen molar-refractivity contribution in [3.05, 3.63) is 23.8 Å². The number of nitrogens with two attached hydrogens (primary N) is 1. The fraction of sp³-hybridized carbons (Fsp3) is 0.200. The average Bonchev–Trinajstić information content (AvgIpc) is 2.19. The van der Waals surface area contributed by atoms with Crippen LogP contribution in [0.3, 0.4) is 0 Å². The van der Waals surface area contributed by atoms with Gasteiger partial charge in [0.05, 0.1) is 5.69 Å². The molecule has 0 saturated heterocycles. The SMILES string of the molecule is CC1Oc2ccc(C(N)=O)cc2NC1=O. The molecule has 0 saturated carbocycles. The van der Waals surface area contributed by atoms with Crippen LogP contribution in [0, 0.1) is 0 Å². The Hall–Kier alpha value is -2.04. The van der Waals surface area contributed by atoms with Gasteiger partial charge in [0.2, 0.25) is 5.91 Å². The van der Waals surface area contributed by atoms with Gasteiger partial charge in [0.1, 0.15) is 5.75 Å². The smallest absolute Gasteiger partial charge is 0.265 e. The first-order valence-corrected chi connectivity index (χ1v) is 4.49. The van der Waals surface area contributed by atoms with Crippen LogP contribution in [0.2, 0.25) is 0 Å². The number of anilines is 1. The zero-order chi connectivity index (χ0) is 11.0. The van der Waals surface area contributed by atoms with Crippen LogP contribution in [0.1, 0.15) is 17.3 Å². The van der Waals surface area contributed by atoms with E-state index in [-0.39, 0.29) is 5.91 Å². The summed E-state index contributed by atoms with van der Waals surface area (Å²) in [7, 11) is 0. The summed E-state index contributed by atoms with van der Waals surface area (Å²) >= 11 is 0. The predicted molar refractivity (Wildman–Crippen MR) is 53.7 cm³/mol. The second kappa shape index (κ2) is 3.27. The summed E-state index contributed by atoms with van der Waals surface area (Å²) in [6.45, 7) is 1.65. The molecular weight excluding hydrogens is 196 g/mol. The van der Waals surface area contributed by atoms with Crippen LogP contribution < -0.4 is 15.8 Å². The number of hydrogen-bond donors (Lipinski definition) is 2. The molecule has 1 atom stereocenters. The van der Waals surface area contributed by atoms with Gasteiger partial charge in [-0.15, -0.1) is 0 Å². The molecule has 0 bridgehead atoms. The molecule has 1 aliphatic rings. The molecule has 5 nitrogen and oxygen atoms in total. The van der Waals surface area contributed by atoms with E-state index in [4.69, 9.17) is 10.5 Å². The van der Waals surface area contributed by atoms with Crippen molar-refractivity contribution >= 4 is 17.5 Å². The van der Waals surface area contributed by atoms with Crippen molar-refractivity contribution in [1.82, 2.24) is 0 Å². The van der Waals surface area contributed by atoms with Crippen LogP contribution in [0.15, 0.2) is 18.2 Å². The normalized spacial score (nSPS) is 18.7. The first kappa shape index (κ1) is 9.51. The summed E-state index contributed by atoms with van der Waals surface area (Å²) in [5.41, 5.74) is 5.94. The Balaban J connectivity index is 2.41. The van der Waals surface area contributed by atoms with Crippen molar-refractivity contribution in [1.29, 1.82) is 0 Å². The van der Waals surface area contributed by atoms with Gasteiger partial charge in [0.25, 0.3) is 5.91 Å². The summed E-state index contributed by atoms with van der Waals surface area (Å²) in [4.78, 5) is 22.2. The van der Waals surface area contributed by atoms with Crippen molar-refractivity contribution in [3.8, 4) is 5.75 Å². The van der Waals surface area contributed by atoms with Gasteiger partial charge >= 0.3 is 0 Å². The van der Waals surface area contributed by atoms with Crippen LogP contribution in [0.4, 0.5) is 5.69 Å². The van der Waals surface area contributed by atoms with E-state index in [1.165, 1.54) is 6.07 Å². The van der Waals surface area contributed by atoms with Gasteiger partial charge in [-0.1, -0.05) is 0 Å². The summed E-state index contributed by atoms with van der Waals surface area (Å²) < 4.78 is 5.31. The quantitative estimate of drug-likeness (QED) is 0.702. The van der Waals surface area contributed by atoms with E-state index in [2.05, 4.69) is 5.32 Å². The predicted octanol–water partition coefficient (Wildman–Crippen LogP) is 0.505. The fourth-order valence-electron chi connectivity index (χ4n) is 1.36. The van der Waals surface area contributed by atoms with Gasteiger partial charge in [0, 0.05) is 5.56 Å². The highest BCUT2D eigenvalue weighted by Crippen LogP contribution is 2.30. The summed E-state index contributed by atoms with van der Waals surface area (Å²) in [5, 5.41) is 2.63. The molecule has 1 heterocycles. The molecule has 0 spiro atoms. The molecule has 1 unspecified atom stereocenters. The molecule has 0 fully saturated rings. The Morgan fingerprint density at radius 1 is 1.53 bits per heavy atom. The van der Waals surface area contributed by atoms with Crippen LogP contribution in [-0.4, -0.2) is 17.9 Å². The molecule has 0 aliphatic carbocycles. The Morgan fingerprint density at radius 3 is 2.93 bits per heavy atom. The van der Waals surface area contributed by atoms with Gasteiger partial charge < -0.3 is 15.8 Å². The topological polar surface area (TPSA) is 81.4 Å². The maximum absolute atomic E-state index is 11.3. The minimum Gasteiger partial charge on any atom is -0.479 e. The van der Waals surface area contributed by atoms with Gasteiger partial charge in [0.15, 0.2) is 6.10 Å². The van der Waals surface area contributed by atoms with E-state index in [9.17, 15) is 9.59 Å². The highest BCUT2D eigenvalue weighted by molar-refractivity contribution is 6.00. The fourth-order valence-corrected chi connectivity index (χ4v) is 1.36. The van der Waals surface area contributed by atoms with Crippen molar-refractivity contribution in [2.75, 3.05) is 5.32 Å². The molecule has 1 aromatic carbocycles. The number of primary amides is 1. The number of nitrogens with one attached hydrogen (secondary N) is 1. The second-order valence-electron chi connectivity index (χ2n) is 3.32. The number of carbonyl (C=O) groups excluding carboxylic acids is 2. The number of ether oxygens (including phenoxy) is 1. The molecule has 3 N–H and O–H groups in total. The maximum Gasteiger partial charge on any atom is 0.265 e. The van der Waals surface area contributed by atoms with E-state index in [0.29, 0.717) is 17.0 Å². The summed E-state index contributed by atoms with van der Waals surface area (Å²) in [5.74, 6) is -0.220. The third kappa shape index (κ3) is 1.63. The minimum absolute atomic E-state index is 0.232. The number of carbonyl (C=O) groups is 2. The average molecular weight is 206 g/mol. The third-order valence-corrected chi connectivity index (χ3v) is 2.19. The molecule has 78 valence electrons. The van der Waals surface area contributed by atoms with Crippen molar-refractivity contribution in [2.45, 2.75) is 13.0 Å². The van der Waals surface area contributed by atoms with Crippen molar-refractivity contribution in [2.24, 2.45) is 5.73 Å². The van der Waals surface area contributed by atoms with Crippen molar-refractivity contribution in [3.63, 3.8) is 0 Å². The van der Waals surface area contributed by atoms with Gasteiger partial charge in [-0.05, 0) is 25.1 Å². The summed E-state index contributed by atoms with van der Waals surface area (Å²) in [6, 6.07) is 4.68. The van der Waals surface area contributed by atoms with Crippen LogP contribution in [0.25, 0.3) is 0 Å². The lowest BCUT2D eigenvalue weighted by Crippen LogP contribution is -2.34. The number of rotatable bonds is 1. The Labute approximate surface area is 86.2 Å². The van der Waals surface area contributed by atoms with Gasteiger partial charge in [-0.3, -0.25) is 9.59 Å². The third-order valence-electron chi connectivity index (χ3n) is 2.19. The molecular formula is C10H10N2O3. The Kier molecular flexibility index (Phi) is 2.07. The standard InChI is InChI=1S/C10H10N2O3/c1-5-10(14)12-7-4-6(9(11)13)2-3-8(7)15-5/h2-5H,1H3,(H2,11,13)(H,12,14). The van der Waals surface area contributed by atoms with E-state index >= 15 is 0 Å². The van der Waals surface area contributed by atoms with E-state index in [1.807, 2.05) is 0 Å². The second-order valence-corrected chi connectivity index (χ2v) is 3.32. The Bertz CT molecular complexity index is 442. The van der Waals surface area contributed by atoms with Crippen LogP contribution in [0.5, 0.6) is 5.75 Å². The Morgan fingerprint density at radius 2 is 2.27 bits per heavy atom. The first-order valence-electron chi connectivity index (χ1n) is 4.49. The lowest BCUT2D eigenvalue weighted by atomic mass is 10.1. The monoisotopic (exact) mass is 206 g/mol. The largest absolute Gasteiger partial charge is 0.479 e. The number of amides is 2. The van der Waals surface area contributed by atoms with E-state index < -0.39 is 12.0 Å². The molecule has 2 amide bonds. The number of hydrogen-bond acceptors (Lipinski definition) is 3. The summed E-state index contributed by atoms with van der Waals surface area (Å²) in [6.07, 6.45) is -0.517. The van der Waals surface area contributed by atoms with Gasteiger partial charge in [-0.2, -0.15) is 0 Å². The first-order chi connectivity index (χ1) is 7.08. The lowest BCUT2D eigenvalue weighted by molar-refractivity contribution is -0.122. The maximum atomic E-state index is 11.3. The lowest BCUT2D eigenvalue weighted by Gasteiger charge is -2.23. The minimum atomic E-state index is -0.536. The molecule has 5 heteroatoms. The number of fused-ring (bicyclic) bond motifs is 1. The van der Waals surface area contributed by atoms with Crippen LogP contribution in [-0.2, 0) is 4.79 Å². The molecule has 1 aromatic rings. The van der Waals surface area contributed by atoms with E-state index in [1.54, 1.807) is 19.1 Å².